The first kappa shape index (κ1) is 24.0. The molecule has 0 amide bonds. The predicted octanol–water partition coefficient (Wildman–Crippen LogP) is 3.74. The van der Waals surface area contributed by atoms with Crippen molar-refractivity contribution in [3.05, 3.63) is 41.6 Å². The molecule has 1 unspecified atom stereocenters. The van der Waals surface area contributed by atoms with Gasteiger partial charge in [-0.2, -0.15) is 13.2 Å². The van der Waals surface area contributed by atoms with Crippen molar-refractivity contribution in [2.75, 3.05) is 25.0 Å². The Hall–Kier alpha value is -2.05. The summed E-state index contributed by atoms with van der Waals surface area (Å²) in [5.41, 5.74) is -0.985. The maximum Gasteiger partial charge on any atom is 0.433 e. The van der Waals surface area contributed by atoms with Crippen molar-refractivity contribution < 1.29 is 17.6 Å². The number of alkyl halides is 3. The van der Waals surface area contributed by atoms with E-state index in [1.165, 1.54) is 0 Å². The van der Waals surface area contributed by atoms with Crippen LogP contribution in [-0.4, -0.2) is 35.6 Å². The van der Waals surface area contributed by atoms with Crippen LogP contribution in [0.4, 0.5) is 19.1 Å². The van der Waals surface area contributed by atoms with Gasteiger partial charge in [0, 0.05) is 19.3 Å². The fraction of sp³-hybridized carbons (Fsp3) is 0.471. The number of aromatic nitrogens is 2. The molecule has 0 radical (unpaired) electrons. The van der Waals surface area contributed by atoms with E-state index in [9.17, 15) is 13.2 Å². The summed E-state index contributed by atoms with van der Waals surface area (Å²) < 4.78 is 43.5. The van der Waals surface area contributed by atoms with E-state index in [-0.39, 0.29) is 42.5 Å². The molecule has 2 rings (SSSR count). The van der Waals surface area contributed by atoms with Crippen molar-refractivity contribution in [3.8, 4) is 0 Å². The molecule has 3 N–H and O–H groups in total. The summed E-state index contributed by atoms with van der Waals surface area (Å²) in [7, 11) is 0. The molecule has 156 valence electrons. The highest BCUT2D eigenvalue weighted by Crippen LogP contribution is 2.27. The van der Waals surface area contributed by atoms with Crippen LogP contribution in [0.5, 0.6) is 0 Å². The number of guanidine groups is 1. The number of nitrogens with one attached hydrogen (secondary N) is 3. The molecule has 1 atom stereocenters. The van der Waals surface area contributed by atoms with Crippen molar-refractivity contribution in [1.82, 2.24) is 20.6 Å². The predicted molar refractivity (Wildman–Crippen MR) is 112 cm³/mol. The lowest BCUT2D eigenvalue weighted by Crippen LogP contribution is -2.39. The number of rotatable bonds is 7. The van der Waals surface area contributed by atoms with Gasteiger partial charge in [0.15, 0.2) is 5.96 Å². The van der Waals surface area contributed by atoms with Crippen LogP contribution in [0.15, 0.2) is 33.8 Å². The van der Waals surface area contributed by atoms with Gasteiger partial charge in [-0.05, 0) is 39.0 Å². The minimum atomic E-state index is -4.50. The molecule has 2 heterocycles. The Morgan fingerprint density at radius 3 is 2.64 bits per heavy atom. The molecule has 0 aliphatic rings. The number of halogens is 4. The van der Waals surface area contributed by atoms with Gasteiger partial charge >= 0.3 is 6.18 Å². The van der Waals surface area contributed by atoms with Crippen LogP contribution < -0.4 is 16.0 Å². The monoisotopic (exact) mass is 512 g/mol. The summed E-state index contributed by atoms with van der Waals surface area (Å²) in [4.78, 5) is 11.6. The summed E-state index contributed by atoms with van der Waals surface area (Å²) in [6, 6.07) is 4.52. The second-order valence-corrected chi connectivity index (χ2v) is 5.77. The second-order valence-electron chi connectivity index (χ2n) is 5.77. The van der Waals surface area contributed by atoms with Gasteiger partial charge in [0.05, 0.1) is 12.6 Å². The normalized spacial score (nSPS) is 12.9. The van der Waals surface area contributed by atoms with E-state index in [4.69, 9.17) is 4.42 Å². The van der Waals surface area contributed by atoms with Gasteiger partial charge in [-0.15, -0.1) is 24.0 Å². The van der Waals surface area contributed by atoms with Gasteiger partial charge in [-0.3, -0.25) is 4.99 Å². The molecule has 0 aliphatic heterocycles. The Morgan fingerprint density at radius 2 is 2.04 bits per heavy atom. The highest BCUT2D eigenvalue weighted by Gasteiger charge is 2.32. The molecule has 2 aromatic heterocycles. The Labute approximate surface area is 178 Å². The third-order valence-electron chi connectivity index (χ3n) is 3.50. The quantitative estimate of drug-likeness (QED) is 0.227. The number of hydrogen-bond donors (Lipinski definition) is 3. The first-order valence-corrected chi connectivity index (χ1v) is 8.55. The third kappa shape index (κ3) is 7.52. The fourth-order valence-electron chi connectivity index (χ4n) is 2.22. The first-order valence-electron chi connectivity index (χ1n) is 8.55. The molecule has 0 spiro atoms. The average molecular weight is 512 g/mol. The Bertz CT molecular complexity index is 765. The highest BCUT2D eigenvalue weighted by atomic mass is 127. The summed E-state index contributed by atoms with van der Waals surface area (Å²) in [6.07, 6.45) is -3.43. The molecular weight excluding hydrogens is 488 g/mol. The number of anilines is 1. The summed E-state index contributed by atoms with van der Waals surface area (Å²) in [5.74, 6) is 2.10. The van der Waals surface area contributed by atoms with E-state index < -0.39 is 11.9 Å². The number of hydrogen-bond acceptors (Lipinski definition) is 5. The molecular formula is C17H24F3IN6O. The van der Waals surface area contributed by atoms with Crippen LogP contribution >= 0.6 is 24.0 Å². The maximum absolute atomic E-state index is 12.6. The molecule has 0 saturated carbocycles. The molecule has 0 aliphatic carbocycles. The maximum atomic E-state index is 12.6. The van der Waals surface area contributed by atoms with E-state index in [1.807, 2.05) is 32.9 Å². The van der Waals surface area contributed by atoms with E-state index in [2.05, 4.69) is 30.9 Å². The van der Waals surface area contributed by atoms with E-state index in [0.29, 0.717) is 19.0 Å². The summed E-state index contributed by atoms with van der Waals surface area (Å²) >= 11 is 0. The van der Waals surface area contributed by atoms with Gasteiger partial charge in [-0.25, -0.2) is 9.97 Å². The molecule has 0 fully saturated rings. The molecule has 0 aromatic carbocycles. The van der Waals surface area contributed by atoms with Crippen LogP contribution in [-0.2, 0) is 6.18 Å². The molecule has 11 heteroatoms. The molecule has 28 heavy (non-hydrogen) atoms. The van der Waals surface area contributed by atoms with Crippen molar-refractivity contribution in [1.29, 1.82) is 0 Å². The van der Waals surface area contributed by atoms with Gasteiger partial charge in [-0.1, -0.05) is 0 Å². The number of furan rings is 1. The number of nitrogens with zero attached hydrogens (tertiary/aromatic N) is 3. The van der Waals surface area contributed by atoms with Crippen molar-refractivity contribution in [3.63, 3.8) is 0 Å². The third-order valence-corrected chi connectivity index (χ3v) is 3.50. The van der Waals surface area contributed by atoms with Crippen LogP contribution in [0.1, 0.15) is 37.1 Å². The Morgan fingerprint density at radius 1 is 1.29 bits per heavy atom. The van der Waals surface area contributed by atoms with Crippen LogP contribution in [0.3, 0.4) is 0 Å². The van der Waals surface area contributed by atoms with Gasteiger partial charge < -0.3 is 20.4 Å². The molecule has 2 aromatic rings. The lowest BCUT2D eigenvalue weighted by molar-refractivity contribution is -0.141. The minimum Gasteiger partial charge on any atom is -0.464 e. The number of aryl methyl sites for hydroxylation is 1. The number of aliphatic imine (C=N–C) groups is 1. The van der Waals surface area contributed by atoms with E-state index >= 15 is 0 Å². The van der Waals surface area contributed by atoms with Crippen LogP contribution in [0.2, 0.25) is 0 Å². The lowest BCUT2D eigenvalue weighted by atomic mass is 10.2. The zero-order valence-corrected chi connectivity index (χ0v) is 18.1. The van der Waals surface area contributed by atoms with Gasteiger partial charge in [0.2, 0.25) is 5.95 Å². The lowest BCUT2D eigenvalue weighted by Gasteiger charge is -2.16. The largest absolute Gasteiger partial charge is 0.464 e. The Kier molecular flexibility index (Phi) is 9.49. The van der Waals surface area contributed by atoms with E-state index in [1.54, 1.807) is 0 Å². The minimum absolute atomic E-state index is 0. The van der Waals surface area contributed by atoms with Crippen molar-refractivity contribution >= 4 is 35.9 Å². The average Bonchev–Trinajstić information content (AvgIpc) is 3.05. The molecule has 0 bridgehead atoms. The zero-order valence-electron chi connectivity index (χ0n) is 15.8. The summed E-state index contributed by atoms with van der Waals surface area (Å²) in [5, 5.41) is 9.06. The van der Waals surface area contributed by atoms with Gasteiger partial charge in [0.1, 0.15) is 17.2 Å². The topological polar surface area (TPSA) is 87.4 Å². The Balaban J connectivity index is 0.00000392. The SMILES string of the molecule is CCNC(=NCCNc1nccc(C(F)(F)F)n1)NC(C)c1ccc(C)o1.I. The molecule has 7 nitrogen and oxygen atoms in total. The van der Waals surface area contributed by atoms with Crippen molar-refractivity contribution in [2.24, 2.45) is 4.99 Å². The van der Waals surface area contributed by atoms with Gasteiger partial charge in [0.25, 0.3) is 0 Å². The fourth-order valence-corrected chi connectivity index (χ4v) is 2.22. The van der Waals surface area contributed by atoms with Crippen LogP contribution in [0, 0.1) is 6.92 Å². The van der Waals surface area contributed by atoms with E-state index in [0.717, 1.165) is 23.8 Å². The summed E-state index contributed by atoms with van der Waals surface area (Å²) in [6.45, 7) is 7.02. The highest BCUT2D eigenvalue weighted by molar-refractivity contribution is 14.0. The van der Waals surface area contributed by atoms with Crippen molar-refractivity contribution in [2.45, 2.75) is 33.0 Å². The van der Waals surface area contributed by atoms with Crippen LogP contribution in [0.25, 0.3) is 0 Å². The molecule has 0 saturated heterocycles. The zero-order chi connectivity index (χ0) is 19.9. The second kappa shape index (κ2) is 11.1. The standard InChI is InChI=1S/C17H23F3N6O.HI/c1-4-21-15(25-12(3)13-6-5-11(2)27-13)23-9-10-24-16-22-8-7-14(26-16)17(18,19)20;/h5-8,12H,4,9-10H2,1-3H3,(H2,21,23,25)(H,22,24,26);1H. The smallest absolute Gasteiger partial charge is 0.433 e. The first-order chi connectivity index (χ1) is 12.8.